The summed E-state index contributed by atoms with van der Waals surface area (Å²) in [6.07, 6.45) is 1.11. The van der Waals surface area contributed by atoms with Crippen LogP contribution in [0.5, 0.6) is 0 Å². The zero-order valence-corrected chi connectivity index (χ0v) is 17.5. The van der Waals surface area contributed by atoms with Gasteiger partial charge < -0.3 is 9.32 Å². The molecule has 0 saturated heterocycles. The fourth-order valence-corrected chi connectivity index (χ4v) is 4.03. The molecule has 3 aromatic heterocycles. The van der Waals surface area contributed by atoms with E-state index in [0.29, 0.717) is 5.56 Å². The number of furan rings is 1. The Morgan fingerprint density at radius 1 is 1.09 bits per heavy atom. The van der Waals surface area contributed by atoms with Crippen molar-refractivity contribution in [2.75, 3.05) is 13.1 Å². The highest BCUT2D eigenvalue weighted by molar-refractivity contribution is 6.33. The van der Waals surface area contributed by atoms with Crippen LogP contribution < -0.4 is 0 Å². The van der Waals surface area contributed by atoms with Crippen LogP contribution in [0.4, 0.5) is 17.6 Å². The van der Waals surface area contributed by atoms with Crippen LogP contribution in [0.3, 0.4) is 0 Å². The number of fused-ring (bicyclic) bond motifs is 1. The maximum absolute atomic E-state index is 13.8. The molecule has 0 N–H and O–H groups in total. The SMILES string of the molecule is O=C(c1nc2c(C(F)(F)F)cc(-c3ccoc3)cn2c1Cl)N1CC=C(c2ccc(F)cc2)C1. The molecule has 1 aliphatic heterocycles. The predicted octanol–water partition coefficient (Wildman–Crippen LogP) is 5.95. The van der Waals surface area contributed by atoms with Gasteiger partial charge in [-0.25, -0.2) is 9.37 Å². The number of aromatic nitrogens is 2. The predicted molar refractivity (Wildman–Crippen MR) is 113 cm³/mol. The number of carbonyl (C=O) groups excluding carboxylic acids is 1. The van der Waals surface area contributed by atoms with Gasteiger partial charge in [-0.05, 0) is 35.4 Å². The number of nitrogens with zero attached hydrogens (tertiary/aromatic N) is 3. The van der Waals surface area contributed by atoms with E-state index in [2.05, 4.69) is 4.98 Å². The number of imidazole rings is 1. The average Bonchev–Trinajstić information content (AvgIpc) is 3.53. The highest BCUT2D eigenvalue weighted by Crippen LogP contribution is 2.37. The molecule has 0 bridgehead atoms. The van der Waals surface area contributed by atoms with Crippen LogP contribution in [-0.2, 0) is 6.18 Å². The lowest BCUT2D eigenvalue weighted by molar-refractivity contribution is -0.136. The Morgan fingerprint density at radius 3 is 2.52 bits per heavy atom. The second-order valence-corrected chi connectivity index (χ2v) is 7.88. The molecule has 1 aliphatic rings. The van der Waals surface area contributed by atoms with Crippen LogP contribution >= 0.6 is 11.6 Å². The number of hydrogen-bond donors (Lipinski definition) is 0. The van der Waals surface area contributed by atoms with Crippen LogP contribution in [0.2, 0.25) is 5.15 Å². The summed E-state index contributed by atoms with van der Waals surface area (Å²) in [4.78, 5) is 18.5. The summed E-state index contributed by atoms with van der Waals surface area (Å²) in [5.41, 5.74) is 0.414. The highest BCUT2D eigenvalue weighted by atomic mass is 35.5. The van der Waals surface area contributed by atoms with Crippen molar-refractivity contribution in [3.8, 4) is 11.1 Å². The van der Waals surface area contributed by atoms with Gasteiger partial charge in [0, 0.05) is 30.4 Å². The highest BCUT2D eigenvalue weighted by Gasteiger charge is 2.37. The van der Waals surface area contributed by atoms with Crippen LogP contribution in [0.15, 0.2) is 65.6 Å². The third-order valence-electron chi connectivity index (χ3n) is 5.45. The molecule has 4 aromatic rings. The van der Waals surface area contributed by atoms with Crippen molar-refractivity contribution in [1.29, 1.82) is 0 Å². The zero-order valence-electron chi connectivity index (χ0n) is 16.7. The van der Waals surface area contributed by atoms with E-state index in [1.54, 1.807) is 18.2 Å². The van der Waals surface area contributed by atoms with E-state index < -0.39 is 23.3 Å². The van der Waals surface area contributed by atoms with Crippen LogP contribution in [0, 0.1) is 5.82 Å². The smallest absolute Gasteiger partial charge is 0.420 e. The molecule has 0 aliphatic carbocycles. The van der Waals surface area contributed by atoms with Gasteiger partial charge in [0.25, 0.3) is 5.91 Å². The van der Waals surface area contributed by atoms with Gasteiger partial charge in [-0.2, -0.15) is 13.2 Å². The first kappa shape index (κ1) is 21.3. The average molecular weight is 476 g/mol. The first-order valence-electron chi connectivity index (χ1n) is 9.78. The summed E-state index contributed by atoms with van der Waals surface area (Å²) in [6.45, 7) is 0.420. The molecule has 0 unspecified atom stereocenters. The topological polar surface area (TPSA) is 50.8 Å². The van der Waals surface area contributed by atoms with E-state index in [-0.39, 0.29) is 35.3 Å². The number of halogens is 5. The molecule has 5 rings (SSSR count). The second kappa shape index (κ2) is 7.77. The maximum atomic E-state index is 13.8. The zero-order chi connectivity index (χ0) is 23.3. The molecule has 0 saturated carbocycles. The summed E-state index contributed by atoms with van der Waals surface area (Å²) in [7, 11) is 0. The summed E-state index contributed by atoms with van der Waals surface area (Å²) in [5.74, 6) is -0.980. The van der Waals surface area contributed by atoms with E-state index in [1.165, 1.54) is 41.8 Å². The van der Waals surface area contributed by atoms with E-state index >= 15 is 0 Å². The van der Waals surface area contributed by atoms with Gasteiger partial charge in [0.05, 0.1) is 18.1 Å². The number of carbonyl (C=O) groups is 1. The van der Waals surface area contributed by atoms with Crippen molar-refractivity contribution in [1.82, 2.24) is 14.3 Å². The standard InChI is InChI=1S/C23H14ClF4N3O2/c24-20-19(22(32)30-7-5-14(10-30)13-1-3-17(25)4-2-13)29-21-18(23(26,27)28)9-16(11-31(20)21)15-6-8-33-12-15/h1-6,8-9,11-12H,7,10H2. The molecular weight excluding hydrogens is 462 g/mol. The van der Waals surface area contributed by atoms with Gasteiger partial charge in [-0.15, -0.1) is 0 Å². The summed E-state index contributed by atoms with van der Waals surface area (Å²) >= 11 is 6.36. The lowest BCUT2D eigenvalue weighted by Crippen LogP contribution is -2.29. The van der Waals surface area contributed by atoms with Gasteiger partial charge in [0.2, 0.25) is 0 Å². The maximum Gasteiger partial charge on any atom is 0.420 e. The molecule has 0 fully saturated rings. The minimum Gasteiger partial charge on any atom is -0.472 e. The molecule has 1 amide bonds. The first-order chi connectivity index (χ1) is 15.7. The van der Waals surface area contributed by atoms with Crippen molar-refractivity contribution >= 4 is 28.7 Å². The monoisotopic (exact) mass is 475 g/mol. The fourth-order valence-electron chi connectivity index (χ4n) is 3.78. The van der Waals surface area contributed by atoms with Crippen molar-refractivity contribution in [2.24, 2.45) is 0 Å². The molecule has 4 heterocycles. The van der Waals surface area contributed by atoms with E-state index in [4.69, 9.17) is 16.0 Å². The first-order valence-corrected chi connectivity index (χ1v) is 10.2. The molecule has 1 aromatic carbocycles. The summed E-state index contributed by atoms with van der Waals surface area (Å²) in [6, 6.07) is 8.29. The van der Waals surface area contributed by atoms with Crippen LogP contribution in [0.1, 0.15) is 21.6 Å². The number of rotatable bonds is 3. The van der Waals surface area contributed by atoms with Crippen molar-refractivity contribution in [3.63, 3.8) is 0 Å². The molecule has 168 valence electrons. The fraction of sp³-hybridized carbons (Fsp3) is 0.130. The number of pyridine rings is 1. The van der Waals surface area contributed by atoms with Gasteiger partial charge in [0.1, 0.15) is 11.0 Å². The molecule has 0 atom stereocenters. The van der Waals surface area contributed by atoms with Crippen LogP contribution in [0.25, 0.3) is 22.3 Å². The van der Waals surface area contributed by atoms with Gasteiger partial charge in [-0.1, -0.05) is 29.8 Å². The molecule has 10 heteroatoms. The largest absolute Gasteiger partial charge is 0.472 e. The van der Waals surface area contributed by atoms with Gasteiger partial charge in [0.15, 0.2) is 11.3 Å². The lowest BCUT2D eigenvalue weighted by atomic mass is 10.1. The number of alkyl halides is 3. The summed E-state index contributed by atoms with van der Waals surface area (Å²) in [5, 5.41) is -0.221. The molecule has 5 nitrogen and oxygen atoms in total. The normalized spacial score (nSPS) is 14.2. The minimum atomic E-state index is -4.72. The Balaban J connectivity index is 1.52. The number of amides is 1. The molecule has 0 radical (unpaired) electrons. The van der Waals surface area contributed by atoms with E-state index in [0.717, 1.165) is 21.6 Å². The van der Waals surface area contributed by atoms with Crippen molar-refractivity contribution in [2.45, 2.75) is 6.18 Å². The Kier molecular flexibility index (Phi) is 5.01. The minimum absolute atomic E-state index is 0.195. The number of hydrogen-bond acceptors (Lipinski definition) is 3. The van der Waals surface area contributed by atoms with Crippen molar-refractivity contribution < 1.29 is 26.8 Å². The lowest BCUT2D eigenvalue weighted by Gasteiger charge is -2.15. The van der Waals surface area contributed by atoms with E-state index in [9.17, 15) is 22.4 Å². The number of benzene rings is 1. The summed E-state index contributed by atoms with van der Waals surface area (Å²) < 4.78 is 60.6. The van der Waals surface area contributed by atoms with Crippen molar-refractivity contribution in [3.05, 3.63) is 89.0 Å². The van der Waals surface area contributed by atoms with Gasteiger partial charge in [-0.3, -0.25) is 9.20 Å². The Bertz CT molecular complexity index is 1390. The Labute approximate surface area is 189 Å². The van der Waals surface area contributed by atoms with Crippen LogP contribution in [-0.4, -0.2) is 33.3 Å². The third kappa shape index (κ3) is 3.78. The second-order valence-electron chi connectivity index (χ2n) is 7.52. The molecule has 33 heavy (non-hydrogen) atoms. The third-order valence-corrected chi connectivity index (χ3v) is 5.81. The Hall–Kier alpha value is -3.59. The van der Waals surface area contributed by atoms with E-state index in [1.807, 2.05) is 0 Å². The Morgan fingerprint density at radius 2 is 1.85 bits per heavy atom. The molecular formula is C23H14ClF4N3O2. The quantitative estimate of drug-likeness (QED) is 0.344. The molecule has 0 spiro atoms. The van der Waals surface area contributed by atoms with Gasteiger partial charge >= 0.3 is 6.18 Å².